The summed E-state index contributed by atoms with van der Waals surface area (Å²) in [6.07, 6.45) is 7.78. The van der Waals surface area contributed by atoms with E-state index in [9.17, 15) is 0 Å². The van der Waals surface area contributed by atoms with Crippen LogP contribution >= 0.6 is 15.9 Å². The van der Waals surface area contributed by atoms with E-state index in [1.807, 2.05) is 24.3 Å². The highest BCUT2D eigenvalue weighted by Gasteiger charge is 2.15. The number of para-hydroxylation sites is 1. The van der Waals surface area contributed by atoms with E-state index >= 15 is 0 Å². The summed E-state index contributed by atoms with van der Waals surface area (Å²) in [6.45, 7) is 0. The third kappa shape index (κ3) is 2.75. The highest BCUT2D eigenvalue weighted by atomic mass is 79.9. The molecule has 1 aromatic carbocycles. The molecule has 0 radical (unpaired) electrons. The number of fused-ring (bicyclic) bond motifs is 1. The average Bonchev–Trinajstić information content (AvgIpc) is 2.80. The molecule has 4 heteroatoms. The van der Waals surface area contributed by atoms with Crippen molar-refractivity contribution < 1.29 is 4.42 Å². The van der Waals surface area contributed by atoms with Crippen LogP contribution in [0.1, 0.15) is 31.1 Å². The van der Waals surface area contributed by atoms with Crippen LogP contribution in [0.15, 0.2) is 33.2 Å². The number of nitrogens with two attached hydrogens (primary N) is 1. The molecule has 0 aliphatic heterocycles. The zero-order chi connectivity index (χ0) is 13.0. The minimum absolute atomic E-state index is 0.00218. The fourth-order valence-corrected chi connectivity index (χ4v) is 2.40. The highest BCUT2D eigenvalue weighted by molar-refractivity contribution is 9.10. The second kappa shape index (κ2) is 6.05. The van der Waals surface area contributed by atoms with Gasteiger partial charge in [-0.3, -0.25) is 5.84 Å². The fourth-order valence-electron chi connectivity index (χ4n) is 1.94. The molecule has 1 unspecified atom stereocenters. The van der Waals surface area contributed by atoms with E-state index in [4.69, 9.17) is 16.7 Å². The quantitative estimate of drug-likeness (QED) is 0.385. The number of rotatable bonds is 5. The van der Waals surface area contributed by atoms with E-state index in [2.05, 4.69) is 27.3 Å². The molecule has 0 saturated carbocycles. The van der Waals surface area contributed by atoms with Gasteiger partial charge in [0.1, 0.15) is 11.3 Å². The van der Waals surface area contributed by atoms with Gasteiger partial charge in [0.25, 0.3) is 0 Å². The molecule has 2 rings (SSSR count). The second-order valence-electron chi connectivity index (χ2n) is 4.12. The van der Waals surface area contributed by atoms with E-state index < -0.39 is 0 Å². The molecular weight excluding hydrogens is 292 g/mol. The number of hydrogen-bond donors (Lipinski definition) is 2. The lowest BCUT2D eigenvalue weighted by Gasteiger charge is -2.11. The number of benzene rings is 1. The van der Waals surface area contributed by atoms with Crippen LogP contribution in [0.4, 0.5) is 0 Å². The molecule has 1 heterocycles. The van der Waals surface area contributed by atoms with Gasteiger partial charge in [-0.15, -0.1) is 12.3 Å². The Balaban J connectivity index is 2.23. The minimum atomic E-state index is -0.00218. The summed E-state index contributed by atoms with van der Waals surface area (Å²) in [5.41, 5.74) is 3.63. The number of halogens is 1. The van der Waals surface area contributed by atoms with Gasteiger partial charge in [0, 0.05) is 11.8 Å². The van der Waals surface area contributed by atoms with Crippen molar-refractivity contribution in [2.75, 3.05) is 0 Å². The van der Waals surface area contributed by atoms with Crippen LogP contribution in [0.25, 0.3) is 11.0 Å². The van der Waals surface area contributed by atoms with Gasteiger partial charge in [-0.1, -0.05) is 12.1 Å². The van der Waals surface area contributed by atoms with Crippen LogP contribution in [0.3, 0.4) is 0 Å². The summed E-state index contributed by atoms with van der Waals surface area (Å²) in [7, 11) is 0. The predicted molar refractivity (Wildman–Crippen MR) is 76.7 cm³/mol. The first-order chi connectivity index (χ1) is 8.76. The Morgan fingerprint density at radius 1 is 1.50 bits per heavy atom. The zero-order valence-corrected chi connectivity index (χ0v) is 11.5. The summed E-state index contributed by atoms with van der Waals surface area (Å²) in [5, 5.41) is 1.07. The van der Waals surface area contributed by atoms with Crippen LogP contribution in [0.2, 0.25) is 0 Å². The summed E-state index contributed by atoms with van der Waals surface area (Å²) in [4.78, 5) is 0. The maximum absolute atomic E-state index is 5.84. The van der Waals surface area contributed by atoms with Gasteiger partial charge in [0.2, 0.25) is 0 Å². The van der Waals surface area contributed by atoms with Crippen molar-refractivity contribution in [3.63, 3.8) is 0 Å². The molecule has 0 amide bonds. The van der Waals surface area contributed by atoms with E-state index in [-0.39, 0.29) is 6.04 Å². The first kappa shape index (κ1) is 13.2. The zero-order valence-electron chi connectivity index (χ0n) is 9.95. The van der Waals surface area contributed by atoms with Crippen molar-refractivity contribution in [2.45, 2.75) is 25.3 Å². The van der Waals surface area contributed by atoms with Gasteiger partial charge in [-0.2, -0.15) is 0 Å². The molecular formula is C14H15BrN2O. The number of terminal acetylenes is 1. The SMILES string of the molecule is C#CCCCC(NN)c1cc2cccc(Br)c2o1. The number of hydrogen-bond acceptors (Lipinski definition) is 3. The Morgan fingerprint density at radius 3 is 3.00 bits per heavy atom. The molecule has 3 N–H and O–H groups in total. The maximum atomic E-state index is 5.84. The van der Waals surface area contributed by atoms with Crippen molar-refractivity contribution in [1.29, 1.82) is 0 Å². The molecule has 0 aliphatic rings. The Morgan fingerprint density at radius 2 is 2.33 bits per heavy atom. The second-order valence-corrected chi connectivity index (χ2v) is 4.98. The molecule has 1 atom stereocenters. The first-order valence-corrected chi connectivity index (χ1v) is 6.63. The van der Waals surface area contributed by atoms with Crippen molar-refractivity contribution in [3.05, 3.63) is 34.5 Å². The normalized spacial score (nSPS) is 12.5. The van der Waals surface area contributed by atoms with Crippen LogP contribution in [-0.2, 0) is 0 Å². The van der Waals surface area contributed by atoms with Crippen molar-refractivity contribution in [2.24, 2.45) is 5.84 Å². The molecule has 0 bridgehead atoms. The smallest absolute Gasteiger partial charge is 0.148 e. The molecule has 3 nitrogen and oxygen atoms in total. The van der Waals surface area contributed by atoms with Crippen LogP contribution < -0.4 is 11.3 Å². The Kier molecular flexibility index (Phi) is 4.43. The lowest BCUT2D eigenvalue weighted by molar-refractivity contribution is 0.410. The average molecular weight is 307 g/mol. The maximum Gasteiger partial charge on any atom is 0.148 e. The Bertz CT molecular complexity index is 571. The third-order valence-electron chi connectivity index (χ3n) is 2.87. The van der Waals surface area contributed by atoms with E-state index in [1.165, 1.54) is 0 Å². The van der Waals surface area contributed by atoms with Gasteiger partial charge >= 0.3 is 0 Å². The summed E-state index contributed by atoms with van der Waals surface area (Å²) in [6, 6.07) is 7.97. The van der Waals surface area contributed by atoms with Crippen LogP contribution in [-0.4, -0.2) is 0 Å². The van der Waals surface area contributed by atoms with Crippen LogP contribution in [0, 0.1) is 12.3 Å². The topological polar surface area (TPSA) is 51.2 Å². The predicted octanol–water partition coefficient (Wildman–Crippen LogP) is 3.50. The van der Waals surface area contributed by atoms with Crippen molar-refractivity contribution in [3.8, 4) is 12.3 Å². The molecule has 18 heavy (non-hydrogen) atoms. The summed E-state index contributed by atoms with van der Waals surface area (Å²) < 4.78 is 6.79. The highest BCUT2D eigenvalue weighted by Crippen LogP contribution is 2.30. The molecule has 0 aliphatic carbocycles. The molecule has 0 saturated heterocycles. The summed E-state index contributed by atoms with van der Waals surface area (Å²) >= 11 is 3.47. The lowest BCUT2D eigenvalue weighted by Crippen LogP contribution is -2.27. The molecule has 2 aromatic rings. The summed E-state index contributed by atoms with van der Waals surface area (Å²) in [5.74, 6) is 9.05. The molecule has 0 spiro atoms. The third-order valence-corrected chi connectivity index (χ3v) is 3.50. The lowest BCUT2D eigenvalue weighted by atomic mass is 10.1. The fraction of sp³-hybridized carbons (Fsp3) is 0.286. The molecule has 1 aromatic heterocycles. The van der Waals surface area contributed by atoms with Gasteiger partial charge in [-0.05, 0) is 40.9 Å². The van der Waals surface area contributed by atoms with Gasteiger partial charge < -0.3 is 4.42 Å². The van der Waals surface area contributed by atoms with E-state index in [0.29, 0.717) is 0 Å². The number of furan rings is 1. The Labute approximate surface area is 115 Å². The van der Waals surface area contributed by atoms with Crippen LogP contribution in [0.5, 0.6) is 0 Å². The largest absolute Gasteiger partial charge is 0.458 e. The Hall–Kier alpha value is -1.28. The number of unbranched alkanes of at least 4 members (excludes halogenated alkanes) is 1. The van der Waals surface area contributed by atoms with Gasteiger partial charge in [-0.25, -0.2) is 5.43 Å². The standard InChI is InChI=1S/C14H15BrN2O/c1-2-3-4-8-12(17-16)13-9-10-6-5-7-11(15)14(10)18-13/h1,5-7,9,12,17H,3-4,8,16H2. The minimum Gasteiger partial charge on any atom is -0.458 e. The van der Waals surface area contributed by atoms with Crippen molar-refractivity contribution in [1.82, 2.24) is 5.43 Å². The molecule has 0 fully saturated rings. The number of hydrazine groups is 1. The van der Waals surface area contributed by atoms with Crippen molar-refractivity contribution >= 4 is 26.9 Å². The first-order valence-electron chi connectivity index (χ1n) is 5.84. The van der Waals surface area contributed by atoms with E-state index in [1.54, 1.807) is 0 Å². The molecule has 94 valence electrons. The van der Waals surface area contributed by atoms with Gasteiger partial charge in [0.15, 0.2) is 0 Å². The number of nitrogens with one attached hydrogen (secondary N) is 1. The monoisotopic (exact) mass is 306 g/mol. The van der Waals surface area contributed by atoms with Gasteiger partial charge in [0.05, 0.1) is 10.5 Å². The van der Waals surface area contributed by atoms with E-state index in [0.717, 1.165) is 40.5 Å².